The minimum atomic E-state index is -0.247. The molecule has 0 aliphatic carbocycles. The highest BCUT2D eigenvalue weighted by molar-refractivity contribution is 7.10. The minimum Gasteiger partial charge on any atom is -0.439 e. The van der Waals surface area contributed by atoms with Gasteiger partial charge in [-0.05, 0) is 42.9 Å². The van der Waals surface area contributed by atoms with Gasteiger partial charge in [0.25, 0.3) is 0 Å². The van der Waals surface area contributed by atoms with Gasteiger partial charge in [-0.1, -0.05) is 36.4 Å². The van der Waals surface area contributed by atoms with Crippen LogP contribution in [0.25, 0.3) is 6.08 Å². The number of benzene rings is 1. The highest BCUT2D eigenvalue weighted by Gasteiger charge is 2.44. The maximum absolute atomic E-state index is 12.5. The molecule has 2 aliphatic heterocycles. The minimum absolute atomic E-state index is 0.0131. The van der Waals surface area contributed by atoms with Crippen molar-refractivity contribution < 1.29 is 14.3 Å². The Balaban J connectivity index is 1.35. The molecule has 0 radical (unpaired) electrons. The summed E-state index contributed by atoms with van der Waals surface area (Å²) in [7, 11) is 0. The van der Waals surface area contributed by atoms with Crippen LogP contribution in [0.15, 0.2) is 53.9 Å². The van der Waals surface area contributed by atoms with Gasteiger partial charge in [0.15, 0.2) is 0 Å². The Kier molecular flexibility index (Phi) is 5.48. The molecule has 0 spiro atoms. The van der Waals surface area contributed by atoms with Gasteiger partial charge in [0.1, 0.15) is 6.10 Å². The summed E-state index contributed by atoms with van der Waals surface area (Å²) in [6, 6.07) is 13.9. The molecule has 5 nitrogen and oxygen atoms in total. The highest BCUT2D eigenvalue weighted by atomic mass is 32.1. The quantitative estimate of drug-likeness (QED) is 0.723. The summed E-state index contributed by atoms with van der Waals surface area (Å²) in [6.45, 7) is 3.36. The van der Waals surface area contributed by atoms with Crippen molar-refractivity contribution in [1.29, 1.82) is 0 Å². The molecule has 2 aromatic rings. The first kappa shape index (κ1) is 18.7. The Labute approximate surface area is 169 Å². The lowest BCUT2D eigenvalue weighted by atomic mass is 9.98. The third-order valence-electron chi connectivity index (χ3n) is 5.55. The summed E-state index contributed by atoms with van der Waals surface area (Å²) >= 11 is 1.61. The van der Waals surface area contributed by atoms with Crippen molar-refractivity contribution in [1.82, 2.24) is 9.80 Å². The zero-order valence-corrected chi connectivity index (χ0v) is 16.7. The molecular weight excluding hydrogens is 372 g/mol. The largest absolute Gasteiger partial charge is 0.439 e. The van der Waals surface area contributed by atoms with E-state index >= 15 is 0 Å². The average molecular weight is 397 g/mol. The van der Waals surface area contributed by atoms with Crippen LogP contribution >= 0.6 is 11.3 Å². The summed E-state index contributed by atoms with van der Waals surface area (Å²) in [5.41, 5.74) is 1.03. The van der Waals surface area contributed by atoms with Crippen molar-refractivity contribution in [3.63, 3.8) is 0 Å². The Morgan fingerprint density at radius 1 is 1.14 bits per heavy atom. The van der Waals surface area contributed by atoms with Gasteiger partial charge in [0.05, 0.1) is 6.04 Å². The molecule has 6 heteroatoms. The third kappa shape index (κ3) is 3.83. The number of nitrogens with zero attached hydrogens (tertiary/aromatic N) is 2. The fraction of sp³-hybridized carbons (Fsp3) is 0.364. The van der Waals surface area contributed by atoms with E-state index in [2.05, 4.69) is 0 Å². The predicted molar refractivity (Wildman–Crippen MR) is 110 cm³/mol. The molecule has 2 aliphatic rings. The number of hydrogen-bond acceptors (Lipinski definition) is 4. The van der Waals surface area contributed by atoms with Crippen LogP contribution in [-0.4, -0.2) is 47.0 Å². The number of thiophene rings is 1. The first-order chi connectivity index (χ1) is 13.6. The molecule has 28 heavy (non-hydrogen) atoms. The number of carbonyl (C=O) groups is 2. The van der Waals surface area contributed by atoms with Crippen LogP contribution in [-0.2, 0) is 9.53 Å². The molecule has 146 valence electrons. The molecule has 2 saturated heterocycles. The van der Waals surface area contributed by atoms with E-state index in [0.29, 0.717) is 13.1 Å². The molecule has 1 aromatic heterocycles. The fourth-order valence-corrected chi connectivity index (χ4v) is 4.68. The molecule has 1 aromatic carbocycles. The Bertz CT molecular complexity index is 842. The first-order valence-corrected chi connectivity index (χ1v) is 10.6. The number of likely N-dealkylation sites (tertiary alicyclic amines) is 1. The normalized spacial score (nSPS) is 23.4. The molecule has 0 bridgehead atoms. The summed E-state index contributed by atoms with van der Waals surface area (Å²) in [5, 5.41) is 1.99. The number of amides is 2. The molecule has 4 rings (SSSR count). The lowest BCUT2D eigenvalue weighted by Crippen LogP contribution is -2.49. The van der Waals surface area contributed by atoms with Gasteiger partial charge in [-0.15, -0.1) is 11.3 Å². The maximum Gasteiger partial charge on any atom is 0.411 e. The van der Waals surface area contributed by atoms with Crippen LogP contribution in [0.5, 0.6) is 0 Å². The molecule has 0 saturated carbocycles. The smallest absolute Gasteiger partial charge is 0.411 e. The molecule has 0 unspecified atom stereocenters. The van der Waals surface area contributed by atoms with E-state index in [1.165, 1.54) is 0 Å². The molecule has 2 atom stereocenters. The molecule has 0 N–H and O–H groups in total. The van der Waals surface area contributed by atoms with Gasteiger partial charge in [-0.3, -0.25) is 9.69 Å². The van der Waals surface area contributed by atoms with Crippen LogP contribution in [0.2, 0.25) is 0 Å². The number of rotatable bonds is 4. The molecular formula is C22H24N2O3S. The Morgan fingerprint density at radius 2 is 1.89 bits per heavy atom. The summed E-state index contributed by atoms with van der Waals surface area (Å²) in [5.74, 6) is 0.0334. The summed E-state index contributed by atoms with van der Waals surface area (Å²) in [4.78, 5) is 29.8. The van der Waals surface area contributed by atoms with Crippen molar-refractivity contribution in [2.75, 3.05) is 13.1 Å². The zero-order chi connectivity index (χ0) is 19.5. The summed E-state index contributed by atoms with van der Waals surface area (Å²) in [6.07, 6.45) is 4.58. The number of piperidine rings is 1. The van der Waals surface area contributed by atoms with E-state index < -0.39 is 0 Å². The molecule has 3 heterocycles. The SMILES string of the molecule is C[C@@H]1[C@H](c2ccccc2)OC(=O)N1C1CCN(C(=O)/C=C/c2cccs2)CC1. The zero-order valence-electron chi connectivity index (χ0n) is 15.9. The first-order valence-electron chi connectivity index (χ1n) is 9.68. The summed E-state index contributed by atoms with van der Waals surface area (Å²) < 4.78 is 5.68. The van der Waals surface area contributed by atoms with Crippen molar-refractivity contribution in [2.24, 2.45) is 0 Å². The second-order valence-electron chi connectivity index (χ2n) is 7.27. The highest BCUT2D eigenvalue weighted by Crippen LogP contribution is 2.35. The van der Waals surface area contributed by atoms with Gasteiger partial charge < -0.3 is 9.64 Å². The monoisotopic (exact) mass is 396 g/mol. The third-order valence-corrected chi connectivity index (χ3v) is 6.38. The molecule has 2 amide bonds. The number of hydrogen-bond donors (Lipinski definition) is 0. The van der Waals surface area contributed by atoms with Crippen molar-refractivity contribution in [3.05, 3.63) is 64.4 Å². The Morgan fingerprint density at radius 3 is 2.57 bits per heavy atom. The van der Waals surface area contributed by atoms with Crippen LogP contribution in [0.1, 0.15) is 36.3 Å². The van der Waals surface area contributed by atoms with Crippen LogP contribution in [0.4, 0.5) is 4.79 Å². The number of ether oxygens (including phenoxy) is 1. The average Bonchev–Trinajstić information content (AvgIpc) is 3.35. The topological polar surface area (TPSA) is 49.9 Å². The van der Waals surface area contributed by atoms with E-state index in [-0.39, 0.29) is 30.2 Å². The van der Waals surface area contributed by atoms with Crippen molar-refractivity contribution >= 4 is 29.4 Å². The maximum atomic E-state index is 12.5. The second kappa shape index (κ2) is 8.19. The van der Waals surface area contributed by atoms with E-state index in [1.54, 1.807) is 17.4 Å². The molecule has 2 fully saturated rings. The van der Waals surface area contributed by atoms with Gasteiger partial charge in [0, 0.05) is 30.1 Å². The second-order valence-corrected chi connectivity index (χ2v) is 8.25. The van der Waals surface area contributed by atoms with E-state index in [1.807, 2.05) is 70.6 Å². The van der Waals surface area contributed by atoms with Crippen molar-refractivity contribution in [3.8, 4) is 0 Å². The van der Waals surface area contributed by atoms with Gasteiger partial charge in [0.2, 0.25) is 5.91 Å². The lowest BCUT2D eigenvalue weighted by Gasteiger charge is -2.37. The number of carbonyl (C=O) groups excluding carboxylic acids is 2. The van der Waals surface area contributed by atoms with Crippen molar-refractivity contribution in [2.45, 2.75) is 38.0 Å². The van der Waals surface area contributed by atoms with Crippen LogP contribution < -0.4 is 0 Å². The Hall–Kier alpha value is -2.60. The van der Waals surface area contributed by atoms with Gasteiger partial charge >= 0.3 is 6.09 Å². The van der Waals surface area contributed by atoms with Crippen LogP contribution in [0.3, 0.4) is 0 Å². The van der Waals surface area contributed by atoms with E-state index in [9.17, 15) is 9.59 Å². The predicted octanol–water partition coefficient (Wildman–Crippen LogP) is 4.33. The van der Waals surface area contributed by atoms with Gasteiger partial charge in [-0.2, -0.15) is 0 Å². The van der Waals surface area contributed by atoms with Gasteiger partial charge in [-0.25, -0.2) is 4.79 Å². The number of cyclic esters (lactones) is 1. The lowest BCUT2D eigenvalue weighted by molar-refractivity contribution is -0.127. The van der Waals surface area contributed by atoms with E-state index in [4.69, 9.17) is 4.74 Å². The van der Waals surface area contributed by atoms with Crippen LogP contribution in [0, 0.1) is 0 Å². The van der Waals surface area contributed by atoms with E-state index in [0.717, 1.165) is 23.3 Å². The standard InChI is InChI=1S/C22H24N2O3S/c1-16-21(17-6-3-2-4-7-17)27-22(26)24(16)18-11-13-23(14-12-18)20(25)10-9-19-8-5-15-28-19/h2-10,15-16,18,21H,11-14H2,1H3/b10-9+/t16-,21-/m1/s1. The fourth-order valence-electron chi connectivity index (χ4n) is 4.06.